The first-order chi connectivity index (χ1) is 15.5. The minimum atomic E-state index is -0.475. The van der Waals surface area contributed by atoms with E-state index in [0.717, 1.165) is 25.7 Å². The molecule has 32 heavy (non-hydrogen) atoms. The number of hydrogen-bond donors (Lipinski definition) is 2. The predicted molar refractivity (Wildman–Crippen MR) is 125 cm³/mol. The summed E-state index contributed by atoms with van der Waals surface area (Å²) >= 11 is 1.27. The van der Waals surface area contributed by atoms with E-state index in [1.54, 1.807) is 30.6 Å². The van der Waals surface area contributed by atoms with Crippen molar-refractivity contribution in [2.45, 2.75) is 38.8 Å². The summed E-state index contributed by atoms with van der Waals surface area (Å²) < 4.78 is 3.11. The summed E-state index contributed by atoms with van der Waals surface area (Å²) in [4.78, 5) is 50.8. The van der Waals surface area contributed by atoms with E-state index in [2.05, 4.69) is 10.6 Å². The predicted octanol–water partition coefficient (Wildman–Crippen LogP) is 2.42. The number of thiophene rings is 1. The molecule has 168 valence electrons. The third kappa shape index (κ3) is 4.52. The maximum absolute atomic E-state index is 13.3. The van der Waals surface area contributed by atoms with Crippen LogP contribution in [0.1, 0.15) is 25.7 Å². The number of benzene rings is 1. The fourth-order valence-electron chi connectivity index (χ4n) is 4.38. The Morgan fingerprint density at radius 2 is 1.75 bits per heavy atom. The van der Waals surface area contributed by atoms with Crippen molar-refractivity contribution in [3.8, 4) is 0 Å². The van der Waals surface area contributed by atoms with Gasteiger partial charge in [-0.25, -0.2) is 4.79 Å². The Kier molecular flexibility index (Phi) is 6.55. The lowest BCUT2D eigenvalue weighted by Gasteiger charge is -2.27. The maximum atomic E-state index is 13.3. The zero-order chi connectivity index (χ0) is 22.7. The van der Waals surface area contributed by atoms with Crippen molar-refractivity contribution in [1.82, 2.24) is 14.5 Å². The Bertz CT molecular complexity index is 1240. The second kappa shape index (κ2) is 9.52. The molecule has 0 atom stereocenters. The van der Waals surface area contributed by atoms with E-state index in [1.807, 2.05) is 18.2 Å². The highest BCUT2D eigenvalue weighted by atomic mass is 32.1. The van der Waals surface area contributed by atoms with Crippen LogP contribution in [0.3, 0.4) is 0 Å². The lowest BCUT2D eigenvalue weighted by molar-refractivity contribution is -0.125. The van der Waals surface area contributed by atoms with Crippen molar-refractivity contribution in [1.29, 1.82) is 0 Å². The molecule has 2 N–H and O–H groups in total. The first-order valence-electron chi connectivity index (χ1n) is 10.7. The third-order valence-corrected chi connectivity index (χ3v) is 6.99. The van der Waals surface area contributed by atoms with Crippen molar-refractivity contribution in [2.24, 2.45) is 11.8 Å². The standard InChI is InChI=1S/C23H26N4O4S/c1-24-21(29)16-9-7-15(8-10-16)13-27-22(30)20-18(11-12-32-20)26(23(27)31)14-19(28)25-17-5-3-2-4-6-17/h2-6,11-12,15-16H,7-10,13-14H2,1H3,(H,24,29)(H,25,28). The topological polar surface area (TPSA) is 102 Å². The van der Waals surface area contributed by atoms with Gasteiger partial charge >= 0.3 is 5.69 Å². The van der Waals surface area contributed by atoms with Gasteiger partial charge in [0.05, 0.1) is 5.52 Å². The molecule has 1 aliphatic carbocycles. The number of carbonyl (C=O) groups excluding carboxylic acids is 2. The quantitative estimate of drug-likeness (QED) is 0.597. The third-order valence-electron chi connectivity index (χ3n) is 6.10. The molecule has 8 nitrogen and oxygen atoms in total. The fourth-order valence-corrected chi connectivity index (χ4v) is 5.23. The summed E-state index contributed by atoms with van der Waals surface area (Å²) in [5.74, 6) is -0.147. The molecule has 1 saturated carbocycles. The minimum absolute atomic E-state index is 0.00825. The van der Waals surface area contributed by atoms with Crippen LogP contribution >= 0.6 is 11.3 Å². The van der Waals surface area contributed by atoms with Crippen LogP contribution in [0, 0.1) is 11.8 Å². The number of hydrogen-bond acceptors (Lipinski definition) is 5. The molecule has 0 aliphatic heterocycles. The Morgan fingerprint density at radius 3 is 2.44 bits per heavy atom. The summed E-state index contributed by atoms with van der Waals surface area (Å²) in [5, 5.41) is 7.24. The lowest BCUT2D eigenvalue weighted by atomic mass is 9.81. The van der Waals surface area contributed by atoms with Gasteiger partial charge in [0.25, 0.3) is 5.56 Å². The number of amides is 2. The molecule has 2 heterocycles. The van der Waals surface area contributed by atoms with E-state index in [1.165, 1.54) is 20.5 Å². The summed E-state index contributed by atoms with van der Waals surface area (Å²) in [7, 11) is 1.64. The molecule has 3 aromatic rings. The van der Waals surface area contributed by atoms with Gasteiger partial charge in [-0.15, -0.1) is 11.3 Å². The number of rotatable bonds is 6. The minimum Gasteiger partial charge on any atom is -0.359 e. The molecule has 1 fully saturated rings. The number of nitrogens with one attached hydrogen (secondary N) is 2. The van der Waals surface area contributed by atoms with Crippen LogP contribution in [0.2, 0.25) is 0 Å². The molecule has 9 heteroatoms. The SMILES string of the molecule is CNC(=O)C1CCC(Cn2c(=O)c3sccc3n(CC(=O)Nc3ccccc3)c2=O)CC1. The van der Waals surface area contributed by atoms with Crippen LogP contribution in [0.15, 0.2) is 51.4 Å². The first kappa shape index (κ1) is 22.0. The molecule has 4 rings (SSSR count). The van der Waals surface area contributed by atoms with Gasteiger partial charge in [-0.1, -0.05) is 18.2 Å². The van der Waals surface area contributed by atoms with Crippen LogP contribution in [0.25, 0.3) is 10.2 Å². The molecule has 0 radical (unpaired) electrons. The van der Waals surface area contributed by atoms with Crippen molar-refractivity contribution in [3.05, 3.63) is 62.6 Å². The number of fused-ring (bicyclic) bond motifs is 1. The van der Waals surface area contributed by atoms with E-state index >= 15 is 0 Å². The van der Waals surface area contributed by atoms with Crippen LogP contribution in [0.5, 0.6) is 0 Å². The average Bonchev–Trinajstić information content (AvgIpc) is 3.30. The monoisotopic (exact) mass is 454 g/mol. The van der Waals surface area contributed by atoms with Crippen LogP contribution < -0.4 is 21.9 Å². The number of anilines is 1. The van der Waals surface area contributed by atoms with E-state index in [9.17, 15) is 19.2 Å². The summed E-state index contributed by atoms with van der Waals surface area (Å²) in [5.41, 5.74) is 0.340. The zero-order valence-electron chi connectivity index (χ0n) is 17.9. The molecule has 0 spiro atoms. The van der Waals surface area contributed by atoms with Gasteiger partial charge in [0, 0.05) is 25.2 Å². The van der Waals surface area contributed by atoms with Crippen molar-refractivity contribution >= 4 is 39.1 Å². The molecule has 2 amide bonds. The van der Waals surface area contributed by atoms with E-state index in [4.69, 9.17) is 0 Å². The molecule has 1 aliphatic rings. The Labute approximate surface area is 188 Å². The van der Waals surface area contributed by atoms with Gasteiger partial charge in [0.1, 0.15) is 11.2 Å². The Balaban J connectivity index is 1.57. The van der Waals surface area contributed by atoms with Crippen LogP contribution in [-0.4, -0.2) is 28.0 Å². The van der Waals surface area contributed by atoms with Crippen LogP contribution in [0.4, 0.5) is 5.69 Å². The number of para-hydroxylation sites is 1. The zero-order valence-corrected chi connectivity index (χ0v) is 18.7. The molecular formula is C23H26N4O4S. The molecule has 0 bridgehead atoms. The lowest BCUT2D eigenvalue weighted by Crippen LogP contribution is -2.43. The molecule has 1 aromatic carbocycles. The molecule has 2 aromatic heterocycles. The normalized spacial score (nSPS) is 18.4. The van der Waals surface area contributed by atoms with Gasteiger partial charge < -0.3 is 10.6 Å². The largest absolute Gasteiger partial charge is 0.359 e. The van der Waals surface area contributed by atoms with Crippen molar-refractivity contribution < 1.29 is 9.59 Å². The molecule has 0 unspecified atom stereocenters. The highest BCUT2D eigenvalue weighted by Crippen LogP contribution is 2.29. The average molecular weight is 455 g/mol. The van der Waals surface area contributed by atoms with Gasteiger partial charge in [-0.2, -0.15) is 0 Å². The van der Waals surface area contributed by atoms with E-state index in [-0.39, 0.29) is 35.8 Å². The Morgan fingerprint density at radius 1 is 1.03 bits per heavy atom. The number of nitrogens with zero attached hydrogens (tertiary/aromatic N) is 2. The van der Waals surface area contributed by atoms with E-state index in [0.29, 0.717) is 22.4 Å². The number of carbonyl (C=O) groups is 2. The second-order valence-electron chi connectivity index (χ2n) is 8.17. The summed E-state index contributed by atoms with van der Waals surface area (Å²) in [6.07, 6.45) is 3.05. The van der Waals surface area contributed by atoms with Gasteiger partial charge in [-0.3, -0.25) is 23.5 Å². The number of aromatic nitrogens is 2. The second-order valence-corrected chi connectivity index (χ2v) is 9.08. The summed E-state index contributed by atoms with van der Waals surface area (Å²) in [6.45, 7) is 0.122. The Hall–Kier alpha value is -3.20. The maximum Gasteiger partial charge on any atom is 0.332 e. The highest BCUT2D eigenvalue weighted by molar-refractivity contribution is 7.17. The molecule has 0 saturated heterocycles. The first-order valence-corrected chi connectivity index (χ1v) is 11.6. The van der Waals surface area contributed by atoms with Crippen LogP contribution in [-0.2, 0) is 22.7 Å². The fraction of sp³-hybridized carbons (Fsp3) is 0.391. The smallest absolute Gasteiger partial charge is 0.332 e. The highest BCUT2D eigenvalue weighted by Gasteiger charge is 2.27. The van der Waals surface area contributed by atoms with Crippen molar-refractivity contribution in [2.75, 3.05) is 12.4 Å². The van der Waals surface area contributed by atoms with Crippen molar-refractivity contribution in [3.63, 3.8) is 0 Å². The molecular weight excluding hydrogens is 428 g/mol. The van der Waals surface area contributed by atoms with Gasteiger partial charge in [0.2, 0.25) is 11.8 Å². The summed E-state index contributed by atoms with van der Waals surface area (Å²) in [6, 6.07) is 10.7. The van der Waals surface area contributed by atoms with Gasteiger partial charge in [-0.05, 0) is 55.2 Å². The van der Waals surface area contributed by atoms with Gasteiger partial charge in [0.15, 0.2) is 0 Å². The van der Waals surface area contributed by atoms with E-state index < -0.39 is 5.69 Å².